The van der Waals surface area contributed by atoms with Gasteiger partial charge in [0, 0.05) is 0 Å². The molecule has 0 aliphatic carbocycles. The summed E-state index contributed by atoms with van der Waals surface area (Å²) < 4.78 is 15.3. The molecule has 0 saturated heterocycles. The van der Waals surface area contributed by atoms with Crippen LogP contribution in [0.1, 0.15) is 31.4 Å². The number of aromatic nitrogens is 3. The van der Waals surface area contributed by atoms with E-state index in [-0.39, 0.29) is 10.8 Å². The second-order valence-corrected chi connectivity index (χ2v) is 6.86. The lowest BCUT2D eigenvalue weighted by atomic mass is 10.1. The Bertz CT molecular complexity index is 1190. The maximum absolute atomic E-state index is 13.0. The van der Waals surface area contributed by atoms with Gasteiger partial charge in [-0.2, -0.15) is 0 Å². The van der Waals surface area contributed by atoms with Crippen LogP contribution in [0.3, 0.4) is 0 Å². The number of furan rings is 1. The molecular weight excluding hydrogens is 384 g/mol. The smallest absolute Gasteiger partial charge is 0.350 e. The van der Waals surface area contributed by atoms with Gasteiger partial charge in [-0.3, -0.25) is 10.1 Å². The van der Waals surface area contributed by atoms with Crippen LogP contribution in [0, 0.1) is 13.8 Å². The van der Waals surface area contributed by atoms with Crippen LogP contribution >= 0.6 is 11.3 Å². The van der Waals surface area contributed by atoms with Crippen LogP contribution in [-0.2, 0) is 4.74 Å². The van der Waals surface area contributed by atoms with Crippen molar-refractivity contribution in [3.63, 3.8) is 0 Å². The number of carbonyl (C=O) groups is 2. The summed E-state index contributed by atoms with van der Waals surface area (Å²) >= 11 is 1.04. The molecule has 4 aromatic heterocycles. The van der Waals surface area contributed by atoms with E-state index in [1.807, 2.05) is 0 Å². The molecule has 0 aliphatic rings. The van der Waals surface area contributed by atoms with Crippen molar-refractivity contribution >= 4 is 39.4 Å². The molecule has 1 N–H and O–H groups in total. The molecule has 0 aliphatic heterocycles. The first kappa shape index (κ1) is 17.9. The summed E-state index contributed by atoms with van der Waals surface area (Å²) in [5.74, 6) is -0.448. The molecule has 0 unspecified atom stereocenters. The fourth-order valence-electron chi connectivity index (χ4n) is 2.72. The molecule has 0 saturated carbocycles. The van der Waals surface area contributed by atoms with E-state index in [1.54, 1.807) is 32.0 Å². The normalized spacial score (nSPS) is 11.0. The zero-order chi connectivity index (χ0) is 19.8. The van der Waals surface area contributed by atoms with Gasteiger partial charge in [0.15, 0.2) is 10.9 Å². The average molecular weight is 398 g/mol. The zero-order valence-electron chi connectivity index (χ0n) is 15.1. The van der Waals surface area contributed by atoms with Gasteiger partial charge in [0.1, 0.15) is 10.6 Å². The minimum atomic E-state index is -0.503. The van der Waals surface area contributed by atoms with E-state index in [2.05, 4.69) is 20.4 Å². The number of fused-ring (bicyclic) bond motifs is 1. The van der Waals surface area contributed by atoms with Crippen LogP contribution in [0.4, 0.5) is 5.13 Å². The highest BCUT2D eigenvalue weighted by molar-refractivity contribution is 7.17. The molecule has 0 radical (unpaired) electrons. The van der Waals surface area contributed by atoms with Crippen LogP contribution in [0.15, 0.2) is 33.4 Å². The summed E-state index contributed by atoms with van der Waals surface area (Å²) in [5.41, 5.74) is 1.97. The summed E-state index contributed by atoms with van der Waals surface area (Å²) in [7, 11) is 1.29. The maximum Gasteiger partial charge on any atom is 0.350 e. The molecule has 4 rings (SSSR count). The van der Waals surface area contributed by atoms with Crippen molar-refractivity contribution in [3.8, 4) is 11.5 Å². The summed E-state index contributed by atoms with van der Waals surface area (Å²) in [5, 5.41) is 7.39. The van der Waals surface area contributed by atoms with Gasteiger partial charge in [-0.05, 0) is 32.0 Å². The number of thiazole rings is 1. The molecule has 142 valence electrons. The standard InChI is InChI=1S/C18H14N4O5S/c1-8-13-10(7-11(12-5-4-6-26-12)20-16(13)27-22-8)15(23)21-18-19-9(2)14(28-18)17(24)25-3/h4-7H,1-3H3,(H,19,21,23). The largest absolute Gasteiger partial charge is 0.465 e. The molecule has 0 aromatic carbocycles. The van der Waals surface area contributed by atoms with Crippen molar-refractivity contribution in [1.29, 1.82) is 0 Å². The number of anilines is 1. The van der Waals surface area contributed by atoms with Crippen molar-refractivity contribution < 1.29 is 23.3 Å². The van der Waals surface area contributed by atoms with Gasteiger partial charge >= 0.3 is 5.97 Å². The van der Waals surface area contributed by atoms with E-state index in [1.165, 1.54) is 13.4 Å². The van der Waals surface area contributed by atoms with Crippen LogP contribution < -0.4 is 5.32 Å². The van der Waals surface area contributed by atoms with E-state index >= 15 is 0 Å². The lowest BCUT2D eigenvalue weighted by molar-refractivity contribution is 0.0605. The van der Waals surface area contributed by atoms with Gasteiger partial charge in [0.25, 0.3) is 11.6 Å². The number of carbonyl (C=O) groups excluding carboxylic acids is 2. The van der Waals surface area contributed by atoms with Crippen molar-refractivity contribution in [2.75, 3.05) is 12.4 Å². The summed E-state index contributed by atoms with van der Waals surface area (Å²) in [6.07, 6.45) is 1.51. The molecular formula is C18H14N4O5S. The SMILES string of the molecule is COC(=O)c1sc(NC(=O)c2cc(-c3ccco3)nc3onc(C)c23)nc1C. The molecule has 4 aromatic rings. The number of pyridine rings is 1. The molecule has 0 fully saturated rings. The Kier molecular flexibility index (Phi) is 4.40. The lowest BCUT2D eigenvalue weighted by Gasteiger charge is -2.05. The molecule has 0 spiro atoms. The fourth-order valence-corrected chi connectivity index (χ4v) is 3.60. The molecule has 10 heteroatoms. The quantitative estimate of drug-likeness (QED) is 0.518. The van der Waals surface area contributed by atoms with Gasteiger partial charge < -0.3 is 13.7 Å². The summed E-state index contributed by atoms with van der Waals surface area (Å²) in [6, 6.07) is 5.05. The third-order valence-electron chi connectivity index (χ3n) is 4.02. The fraction of sp³-hybridized carbons (Fsp3) is 0.167. The van der Waals surface area contributed by atoms with Gasteiger partial charge in [0.2, 0.25) is 0 Å². The van der Waals surface area contributed by atoms with Crippen LogP contribution in [0.25, 0.3) is 22.6 Å². The van der Waals surface area contributed by atoms with E-state index in [4.69, 9.17) is 13.7 Å². The highest BCUT2D eigenvalue weighted by Gasteiger charge is 2.22. The first-order valence-electron chi connectivity index (χ1n) is 8.16. The minimum Gasteiger partial charge on any atom is -0.465 e. The number of hydrogen-bond acceptors (Lipinski definition) is 9. The number of aryl methyl sites for hydroxylation is 2. The predicted octanol–water partition coefficient (Wildman–Crippen LogP) is 3.60. The van der Waals surface area contributed by atoms with Crippen LogP contribution in [0.2, 0.25) is 0 Å². The highest BCUT2D eigenvalue weighted by Crippen LogP contribution is 2.29. The Morgan fingerprint density at radius 3 is 2.75 bits per heavy atom. The van der Waals surface area contributed by atoms with Crippen molar-refractivity contribution in [1.82, 2.24) is 15.1 Å². The second-order valence-electron chi connectivity index (χ2n) is 5.86. The Balaban J connectivity index is 1.75. The second kappa shape index (κ2) is 6.89. The number of nitrogens with one attached hydrogen (secondary N) is 1. The van der Waals surface area contributed by atoms with Gasteiger partial charge in [-0.15, -0.1) is 0 Å². The zero-order valence-corrected chi connectivity index (χ0v) is 15.9. The third kappa shape index (κ3) is 3.03. The Morgan fingerprint density at radius 1 is 1.21 bits per heavy atom. The van der Waals surface area contributed by atoms with Crippen molar-refractivity contribution in [3.05, 3.63) is 46.3 Å². The first-order chi connectivity index (χ1) is 13.5. The third-order valence-corrected chi connectivity index (χ3v) is 5.08. The first-order valence-corrected chi connectivity index (χ1v) is 8.97. The maximum atomic E-state index is 13.0. The highest BCUT2D eigenvalue weighted by atomic mass is 32.1. The number of esters is 1. The monoisotopic (exact) mass is 398 g/mol. The minimum absolute atomic E-state index is 0.224. The summed E-state index contributed by atoms with van der Waals surface area (Å²) in [4.78, 5) is 33.6. The molecule has 9 nitrogen and oxygen atoms in total. The predicted molar refractivity (Wildman–Crippen MR) is 100 cm³/mol. The number of amides is 1. The average Bonchev–Trinajstić information content (AvgIpc) is 3.41. The van der Waals surface area contributed by atoms with Gasteiger partial charge in [-0.1, -0.05) is 16.5 Å². The number of hydrogen-bond donors (Lipinski definition) is 1. The summed E-state index contributed by atoms with van der Waals surface area (Å²) in [6.45, 7) is 3.39. The Hall–Kier alpha value is -3.53. The lowest BCUT2D eigenvalue weighted by Crippen LogP contribution is -2.13. The molecule has 0 bridgehead atoms. The Morgan fingerprint density at radius 2 is 2.04 bits per heavy atom. The topological polar surface area (TPSA) is 120 Å². The number of ether oxygens (including phenoxy) is 1. The number of nitrogens with zero attached hydrogens (tertiary/aromatic N) is 3. The van der Waals surface area contributed by atoms with Gasteiger partial charge in [0.05, 0.1) is 35.7 Å². The molecule has 1 amide bonds. The van der Waals surface area contributed by atoms with Crippen molar-refractivity contribution in [2.24, 2.45) is 0 Å². The Labute approximate surface area is 162 Å². The molecule has 0 atom stereocenters. The van der Waals surface area contributed by atoms with E-state index in [0.717, 1.165) is 11.3 Å². The van der Waals surface area contributed by atoms with E-state index in [0.29, 0.717) is 38.7 Å². The van der Waals surface area contributed by atoms with E-state index < -0.39 is 11.9 Å². The number of methoxy groups -OCH3 is 1. The van der Waals surface area contributed by atoms with E-state index in [9.17, 15) is 9.59 Å². The van der Waals surface area contributed by atoms with Crippen LogP contribution in [0.5, 0.6) is 0 Å². The molecule has 28 heavy (non-hydrogen) atoms. The van der Waals surface area contributed by atoms with Crippen molar-refractivity contribution in [2.45, 2.75) is 13.8 Å². The van der Waals surface area contributed by atoms with Gasteiger partial charge in [-0.25, -0.2) is 14.8 Å². The molecule has 4 heterocycles. The number of rotatable bonds is 4. The van der Waals surface area contributed by atoms with Crippen LogP contribution in [-0.4, -0.2) is 34.1 Å².